The van der Waals surface area contributed by atoms with Crippen molar-refractivity contribution in [2.75, 3.05) is 31.1 Å². The first-order chi connectivity index (χ1) is 9.65. The van der Waals surface area contributed by atoms with Crippen LogP contribution in [0.15, 0.2) is 22.7 Å². The normalized spacial score (nSPS) is 23.5. The number of benzene rings is 1. The summed E-state index contributed by atoms with van der Waals surface area (Å²) in [5.41, 5.74) is 2.00. The maximum absolute atomic E-state index is 11.5. The molecule has 2 fully saturated rings. The molecule has 0 N–H and O–H groups in total. The number of piperidine rings is 1. The van der Waals surface area contributed by atoms with Gasteiger partial charge in [-0.15, -0.1) is 0 Å². The van der Waals surface area contributed by atoms with E-state index in [-0.39, 0.29) is 5.78 Å². The molecule has 0 aromatic heterocycles. The van der Waals surface area contributed by atoms with Gasteiger partial charge in [0.05, 0.1) is 0 Å². The Balaban J connectivity index is 1.76. The Morgan fingerprint density at radius 1 is 1.25 bits per heavy atom. The highest BCUT2D eigenvalue weighted by atomic mass is 79.9. The average Bonchev–Trinajstić information content (AvgIpc) is 2.46. The molecule has 2 saturated heterocycles. The fraction of sp³-hybridized carbons (Fsp3) is 0.562. The van der Waals surface area contributed by atoms with E-state index in [1.165, 1.54) is 31.5 Å². The zero-order valence-corrected chi connectivity index (χ0v) is 13.5. The van der Waals surface area contributed by atoms with Crippen molar-refractivity contribution in [1.82, 2.24) is 4.90 Å². The third kappa shape index (κ3) is 2.77. The van der Waals surface area contributed by atoms with Crippen LogP contribution in [-0.2, 0) is 0 Å². The molecule has 1 aromatic carbocycles. The number of hydrogen-bond acceptors (Lipinski definition) is 3. The first kappa shape index (κ1) is 14.1. The lowest BCUT2D eigenvalue weighted by Gasteiger charge is -2.45. The fourth-order valence-electron chi connectivity index (χ4n) is 3.38. The molecule has 108 valence electrons. The van der Waals surface area contributed by atoms with E-state index in [9.17, 15) is 4.79 Å². The highest BCUT2D eigenvalue weighted by Crippen LogP contribution is 2.28. The Bertz CT molecular complexity index is 517. The summed E-state index contributed by atoms with van der Waals surface area (Å²) < 4.78 is 0.911. The quantitative estimate of drug-likeness (QED) is 0.774. The summed E-state index contributed by atoms with van der Waals surface area (Å²) in [6.45, 7) is 6.25. The van der Waals surface area contributed by atoms with Crippen molar-refractivity contribution in [3.8, 4) is 0 Å². The van der Waals surface area contributed by atoms with Gasteiger partial charge in [-0.3, -0.25) is 9.69 Å². The van der Waals surface area contributed by atoms with Gasteiger partial charge in [-0.25, -0.2) is 0 Å². The van der Waals surface area contributed by atoms with Crippen molar-refractivity contribution in [2.45, 2.75) is 32.2 Å². The minimum atomic E-state index is 0.112. The molecule has 0 radical (unpaired) electrons. The van der Waals surface area contributed by atoms with E-state index in [0.29, 0.717) is 6.04 Å². The molecule has 4 heteroatoms. The van der Waals surface area contributed by atoms with Gasteiger partial charge in [0.2, 0.25) is 0 Å². The summed E-state index contributed by atoms with van der Waals surface area (Å²) in [7, 11) is 0. The lowest BCUT2D eigenvalue weighted by molar-refractivity contribution is 0.101. The van der Waals surface area contributed by atoms with Crippen LogP contribution < -0.4 is 4.90 Å². The van der Waals surface area contributed by atoms with Crippen molar-refractivity contribution in [1.29, 1.82) is 0 Å². The maximum Gasteiger partial charge on any atom is 0.160 e. The van der Waals surface area contributed by atoms with Gasteiger partial charge in [0.15, 0.2) is 5.78 Å². The van der Waals surface area contributed by atoms with Gasteiger partial charge in [0.25, 0.3) is 0 Å². The minimum Gasteiger partial charge on any atom is -0.369 e. The molecule has 0 bridgehead atoms. The lowest BCUT2D eigenvalue weighted by atomic mass is 9.99. The zero-order chi connectivity index (χ0) is 14.1. The van der Waals surface area contributed by atoms with Crippen molar-refractivity contribution in [3.05, 3.63) is 28.2 Å². The van der Waals surface area contributed by atoms with Crippen LogP contribution in [0.1, 0.15) is 36.5 Å². The van der Waals surface area contributed by atoms with Crippen molar-refractivity contribution in [2.24, 2.45) is 0 Å². The second-order valence-corrected chi connectivity index (χ2v) is 6.71. The smallest absolute Gasteiger partial charge is 0.160 e. The molecule has 2 heterocycles. The van der Waals surface area contributed by atoms with Crippen LogP contribution in [0.5, 0.6) is 0 Å². The molecule has 1 atom stereocenters. The molecule has 0 amide bonds. The van der Waals surface area contributed by atoms with E-state index in [4.69, 9.17) is 0 Å². The Kier molecular flexibility index (Phi) is 4.13. The molecule has 0 saturated carbocycles. The number of Topliss-reactive ketones (excluding diaryl/α,β-unsaturated/α-hetero) is 1. The summed E-state index contributed by atoms with van der Waals surface area (Å²) in [5, 5.41) is 0. The molecule has 2 aliphatic rings. The number of piperazine rings is 1. The third-order valence-corrected chi connectivity index (χ3v) is 5.19. The van der Waals surface area contributed by atoms with E-state index < -0.39 is 0 Å². The number of nitrogens with zero attached hydrogens (tertiary/aromatic N) is 2. The zero-order valence-electron chi connectivity index (χ0n) is 11.9. The number of anilines is 1. The number of carbonyl (C=O) groups is 1. The predicted octanol–water partition coefficient (Wildman–Crippen LogP) is 3.33. The second kappa shape index (κ2) is 5.86. The van der Waals surface area contributed by atoms with Crippen LogP contribution >= 0.6 is 15.9 Å². The van der Waals surface area contributed by atoms with Gasteiger partial charge < -0.3 is 4.90 Å². The number of halogens is 1. The Morgan fingerprint density at radius 3 is 2.85 bits per heavy atom. The van der Waals surface area contributed by atoms with Gasteiger partial charge in [-0.2, -0.15) is 0 Å². The monoisotopic (exact) mass is 336 g/mol. The van der Waals surface area contributed by atoms with Crippen LogP contribution in [-0.4, -0.2) is 42.9 Å². The first-order valence-corrected chi connectivity index (χ1v) is 8.24. The number of fused-ring (bicyclic) bond motifs is 1. The molecule has 20 heavy (non-hydrogen) atoms. The van der Waals surface area contributed by atoms with E-state index in [0.717, 1.165) is 29.7 Å². The van der Waals surface area contributed by atoms with Crippen molar-refractivity contribution >= 4 is 27.4 Å². The third-order valence-electron chi connectivity index (χ3n) is 4.53. The Labute approximate surface area is 129 Å². The topological polar surface area (TPSA) is 23.6 Å². The molecule has 0 spiro atoms. The molecule has 2 aliphatic heterocycles. The minimum absolute atomic E-state index is 0.112. The number of hydrogen-bond donors (Lipinski definition) is 0. The van der Waals surface area contributed by atoms with Gasteiger partial charge in [0.1, 0.15) is 0 Å². The average molecular weight is 337 g/mol. The lowest BCUT2D eigenvalue weighted by Crippen LogP contribution is -2.54. The first-order valence-electron chi connectivity index (χ1n) is 7.44. The number of ketones is 1. The predicted molar refractivity (Wildman–Crippen MR) is 85.6 cm³/mol. The summed E-state index contributed by atoms with van der Waals surface area (Å²) in [6.07, 6.45) is 4.04. The fourth-order valence-corrected chi connectivity index (χ4v) is 4.02. The molecular formula is C16H21BrN2O. The van der Waals surface area contributed by atoms with Gasteiger partial charge in [0, 0.05) is 41.4 Å². The van der Waals surface area contributed by atoms with Gasteiger partial charge >= 0.3 is 0 Å². The molecule has 3 nitrogen and oxygen atoms in total. The molecule has 1 aromatic rings. The molecule has 0 aliphatic carbocycles. The second-order valence-electron chi connectivity index (χ2n) is 5.85. The summed E-state index contributed by atoms with van der Waals surface area (Å²) in [4.78, 5) is 16.6. The van der Waals surface area contributed by atoms with Crippen LogP contribution in [0.4, 0.5) is 5.69 Å². The molecular weight excluding hydrogens is 316 g/mol. The summed E-state index contributed by atoms with van der Waals surface area (Å²) >= 11 is 3.53. The van der Waals surface area contributed by atoms with Crippen LogP contribution in [0.2, 0.25) is 0 Å². The number of carbonyl (C=O) groups excluding carboxylic acids is 1. The standard InChI is InChI=1S/C16H21BrN2O/c1-12(20)15-6-5-13(10-16(15)17)19-9-8-18-7-3-2-4-14(18)11-19/h5-6,10,14H,2-4,7-9,11H2,1H3. The molecule has 3 rings (SSSR count). The van der Waals surface area contributed by atoms with Crippen molar-refractivity contribution in [3.63, 3.8) is 0 Å². The molecule has 1 unspecified atom stereocenters. The van der Waals surface area contributed by atoms with E-state index in [1.54, 1.807) is 6.92 Å². The van der Waals surface area contributed by atoms with Gasteiger partial charge in [-0.1, -0.05) is 6.42 Å². The van der Waals surface area contributed by atoms with Crippen LogP contribution in [0.25, 0.3) is 0 Å². The van der Waals surface area contributed by atoms with E-state index in [2.05, 4.69) is 37.9 Å². The Morgan fingerprint density at radius 2 is 2.10 bits per heavy atom. The Hall–Kier alpha value is -0.870. The summed E-state index contributed by atoms with van der Waals surface area (Å²) in [6, 6.07) is 6.83. The highest BCUT2D eigenvalue weighted by Gasteiger charge is 2.29. The SMILES string of the molecule is CC(=O)c1ccc(N2CCN3CCCCC3C2)cc1Br. The van der Waals surface area contributed by atoms with E-state index >= 15 is 0 Å². The maximum atomic E-state index is 11.5. The van der Waals surface area contributed by atoms with E-state index in [1.807, 2.05) is 6.07 Å². The number of rotatable bonds is 2. The highest BCUT2D eigenvalue weighted by molar-refractivity contribution is 9.10. The largest absolute Gasteiger partial charge is 0.369 e. The van der Waals surface area contributed by atoms with Crippen LogP contribution in [0.3, 0.4) is 0 Å². The van der Waals surface area contributed by atoms with Crippen molar-refractivity contribution < 1.29 is 4.79 Å². The van der Waals surface area contributed by atoms with Crippen LogP contribution in [0, 0.1) is 0 Å². The van der Waals surface area contributed by atoms with Gasteiger partial charge in [-0.05, 0) is 60.4 Å². The summed E-state index contributed by atoms with van der Waals surface area (Å²) in [5.74, 6) is 0.112.